The number of hydrogen-bond donors (Lipinski definition) is 2. The highest BCUT2D eigenvalue weighted by Gasteiger charge is 2.23. The number of nitrogens with one attached hydrogen (secondary N) is 2. The molecule has 1 atom stereocenters. The molecule has 5 aromatic rings. The molecule has 0 spiro atoms. The Morgan fingerprint density at radius 3 is 2.20 bits per heavy atom. The molecule has 0 radical (unpaired) electrons. The predicted molar refractivity (Wildman–Crippen MR) is 192 cm³/mol. The van der Waals surface area contributed by atoms with Gasteiger partial charge in [0, 0.05) is 42.2 Å². The number of amides is 1. The third-order valence-electron chi connectivity index (χ3n) is 8.04. The minimum absolute atomic E-state index is 0.0362. The van der Waals surface area contributed by atoms with Crippen molar-refractivity contribution in [2.75, 3.05) is 18.4 Å². The average molecular weight is 679 g/mol. The summed E-state index contributed by atoms with van der Waals surface area (Å²) in [5.41, 5.74) is 6.78. The Balaban J connectivity index is 1.44. The number of anilines is 1. The summed E-state index contributed by atoms with van der Waals surface area (Å²) in [4.78, 5) is 29.5. The monoisotopic (exact) mass is 678 g/mol. The minimum atomic E-state index is -4.15. The van der Waals surface area contributed by atoms with Gasteiger partial charge in [0.05, 0.1) is 17.2 Å². The highest BCUT2D eigenvalue weighted by Crippen LogP contribution is 2.32. The summed E-state index contributed by atoms with van der Waals surface area (Å²) >= 11 is 0. The van der Waals surface area contributed by atoms with Crippen molar-refractivity contribution in [3.05, 3.63) is 114 Å². The van der Waals surface area contributed by atoms with Gasteiger partial charge in [-0.25, -0.2) is 28.1 Å². The number of carbonyl (C=O) groups is 1. The lowest BCUT2D eigenvalue weighted by Crippen LogP contribution is -2.22. The van der Waals surface area contributed by atoms with E-state index in [1.54, 1.807) is 24.5 Å². The normalized spacial score (nSPS) is 12.3. The first-order valence-corrected chi connectivity index (χ1v) is 17.6. The maximum atomic E-state index is 13.5. The van der Waals surface area contributed by atoms with Gasteiger partial charge in [0.15, 0.2) is 0 Å². The molecular formula is C38H42N6O4S. The van der Waals surface area contributed by atoms with Crippen LogP contribution in [-0.2, 0) is 16.4 Å². The molecular weight excluding hydrogens is 637 g/mol. The summed E-state index contributed by atoms with van der Waals surface area (Å²) < 4.78 is 36.0. The van der Waals surface area contributed by atoms with Crippen LogP contribution in [0, 0.1) is 25.2 Å². The van der Waals surface area contributed by atoms with Gasteiger partial charge in [0.2, 0.25) is 11.8 Å². The Hall–Kier alpha value is -5.16. The lowest BCUT2D eigenvalue weighted by Gasteiger charge is -2.26. The van der Waals surface area contributed by atoms with Crippen LogP contribution in [0.2, 0.25) is 0 Å². The van der Waals surface area contributed by atoms with Crippen LogP contribution < -0.4 is 14.8 Å². The second-order valence-electron chi connectivity index (χ2n) is 13.4. The fourth-order valence-electron chi connectivity index (χ4n) is 5.89. The van der Waals surface area contributed by atoms with Crippen LogP contribution in [0.5, 0.6) is 5.88 Å². The van der Waals surface area contributed by atoms with Crippen molar-refractivity contribution in [1.82, 2.24) is 25.3 Å². The number of sulfonamides is 1. The molecule has 2 aromatic heterocycles. The van der Waals surface area contributed by atoms with Crippen molar-refractivity contribution in [3.8, 4) is 28.3 Å². The Bertz CT molecular complexity index is 2010. The van der Waals surface area contributed by atoms with Crippen LogP contribution in [-0.4, -0.2) is 47.9 Å². The average Bonchev–Trinajstić information content (AvgIpc) is 3.07. The Labute approximate surface area is 288 Å². The molecule has 0 saturated heterocycles. The minimum Gasteiger partial charge on any atom is -0.477 e. The molecule has 0 aliphatic rings. The largest absolute Gasteiger partial charge is 0.477 e. The summed E-state index contributed by atoms with van der Waals surface area (Å²) in [5, 5.41) is 2.51. The molecule has 3 aromatic carbocycles. The molecule has 11 heteroatoms. The molecule has 0 aliphatic heterocycles. The zero-order valence-electron chi connectivity index (χ0n) is 28.7. The quantitative estimate of drug-likeness (QED) is 0.143. The topological polar surface area (TPSA) is 136 Å². The second kappa shape index (κ2) is 14.9. The van der Waals surface area contributed by atoms with Crippen molar-refractivity contribution < 1.29 is 17.9 Å². The molecule has 10 nitrogen and oxygen atoms in total. The van der Waals surface area contributed by atoms with Gasteiger partial charge >= 0.3 is 0 Å². The molecule has 0 saturated carbocycles. The van der Waals surface area contributed by atoms with E-state index in [-0.39, 0.29) is 33.6 Å². The van der Waals surface area contributed by atoms with E-state index in [1.165, 1.54) is 37.1 Å². The number of aromatic nitrogens is 4. The Morgan fingerprint density at radius 2 is 1.55 bits per heavy atom. The van der Waals surface area contributed by atoms with Crippen molar-refractivity contribution in [3.63, 3.8) is 0 Å². The molecule has 0 aliphatic carbocycles. The molecule has 5 rings (SSSR count). The number of rotatable bonds is 12. The van der Waals surface area contributed by atoms with Crippen molar-refractivity contribution in [1.29, 1.82) is 0 Å². The summed E-state index contributed by atoms with van der Waals surface area (Å²) in [6, 6.07) is 21.9. The van der Waals surface area contributed by atoms with Crippen LogP contribution >= 0.6 is 0 Å². The van der Waals surface area contributed by atoms with Crippen LogP contribution in [0.1, 0.15) is 54.2 Å². The van der Waals surface area contributed by atoms with E-state index in [2.05, 4.69) is 75.0 Å². The molecule has 0 fully saturated rings. The third-order valence-corrected chi connectivity index (χ3v) is 9.37. The van der Waals surface area contributed by atoms with Crippen molar-refractivity contribution >= 4 is 21.9 Å². The molecule has 2 N–H and O–H groups in total. The standard InChI is InChI=1S/C38H42N6O4S/c1-25-9-7-10-26(2)35(25)33-19-34(43-37(42-33)44-49(46,47)32-12-8-11-30(18-32)36(45)39-6)48-23-28(20-38(3,4)5)17-27-13-15-29(16-14-27)31-21-40-24-41-22-31/h7-16,18-19,21-22,24,28H,17,20,23H2,1-6H3,(H,39,45)(H,42,43,44)/t28-/m1/s1. The fraction of sp³-hybridized carbons (Fsp3) is 0.289. The van der Waals surface area contributed by atoms with Gasteiger partial charge in [-0.3, -0.25) is 4.79 Å². The van der Waals surface area contributed by atoms with Gasteiger partial charge in [0.1, 0.15) is 6.33 Å². The lowest BCUT2D eigenvalue weighted by atomic mass is 9.82. The van der Waals surface area contributed by atoms with Crippen LogP contribution in [0.15, 0.2) is 96.4 Å². The van der Waals surface area contributed by atoms with Crippen LogP contribution in [0.4, 0.5) is 5.95 Å². The van der Waals surface area contributed by atoms with Gasteiger partial charge < -0.3 is 10.1 Å². The highest BCUT2D eigenvalue weighted by molar-refractivity contribution is 7.92. The van der Waals surface area contributed by atoms with E-state index in [9.17, 15) is 13.2 Å². The molecule has 0 bridgehead atoms. The SMILES string of the molecule is CNC(=O)c1cccc(S(=O)(=O)Nc2nc(OC[C@H](Cc3ccc(-c4cncnc4)cc3)CC(C)(C)C)cc(-c3c(C)cccc3C)n2)c1. The van der Waals surface area contributed by atoms with E-state index >= 15 is 0 Å². The number of hydrogen-bond acceptors (Lipinski definition) is 8. The summed E-state index contributed by atoms with van der Waals surface area (Å²) in [7, 11) is -2.67. The molecule has 49 heavy (non-hydrogen) atoms. The van der Waals surface area contributed by atoms with E-state index in [4.69, 9.17) is 4.74 Å². The number of nitrogens with zero attached hydrogens (tertiary/aromatic N) is 4. The smallest absolute Gasteiger partial charge is 0.264 e. The van der Waals surface area contributed by atoms with Crippen LogP contribution in [0.25, 0.3) is 22.4 Å². The van der Waals surface area contributed by atoms with Gasteiger partial charge in [-0.2, -0.15) is 4.98 Å². The molecule has 0 unspecified atom stereocenters. The number of benzene rings is 3. The first-order valence-electron chi connectivity index (χ1n) is 16.1. The van der Waals surface area contributed by atoms with Gasteiger partial charge in [-0.1, -0.05) is 69.3 Å². The summed E-state index contributed by atoms with van der Waals surface area (Å²) in [6.07, 6.45) is 6.77. The van der Waals surface area contributed by atoms with E-state index in [0.717, 1.165) is 40.7 Å². The van der Waals surface area contributed by atoms with E-state index in [1.807, 2.05) is 32.0 Å². The van der Waals surface area contributed by atoms with Gasteiger partial charge in [-0.15, -0.1) is 0 Å². The van der Waals surface area contributed by atoms with E-state index < -0.39 is 15.9 Å². The third kappa shape index (κ3) is 9.26. The summed E-state index contributed by atoms with van der Waals surface area (Å²) in [6.45, 7) is 10.9. The summed E-state index contributed by atoms with van der Waals surface area (Å²) in [5.74, 6) is -0.138. The lowest BCUT2D eigenvalue weighted by molar-refractivity contribution is 0.0963. The first kappa shape index (κ1) is 35.2. The number of ether oxygens (including phenoxy) is 1. The molecule has 1 amide bonds. The van der Waals surface area contributed by atoms with Crippen molar-refractivity contribution in [2.24, 2.45) is 11.3 Å². The van der Waals surface area contributed by atoms with Gasteiger partial charge in [-0.05, 0) is 78.5 Å². The van der Waals surface area contributed by atoms with Crippen molar-refractivity contribution in [2.45, 2.75) is 52.4 Å². The zero-order chi connectivity index (χ0) is 35.2. The zero-order valence-corrected chi connectivity index (χ0v) is 29.5. The fourth-order valence-corrected chi connectivity index (χ4v) is 6.88. The van der Waals surface area contributed by atoms with Gasteiger partial charge in [0.25, 0.3) is 15.9 Å². The maximum absolute atomic E-state index is 13.5. The Morgan fingerprint density at radius 1 is 0.878 bits per heavy atom. The number of carbonyl (C=O) groups excluding carboxylic acids is 1. The van der Waals surface area contributed by atoms with Crippen LogP contribution in [0.3, 0.4) is 0 Å². The van der Waals surface area contributed by atoms with E-state index in [0.29, 0.717) is 12.3 Å². The number of aryl methyl sites for hydroxylation is 2. The Kier molecular flexibility index (Phi) is 10.7. The highest BCUT2D eigenvalue weighted by atomic mass is 32.2. The molecule has 254 valence electrons. The molecule has 2 heterocycles. The first-order chi connectivity index (χ1) is 23.3. The second-order valence-corrected chi connectivity index (χ2v) is 15.0. The predicted octanol–water partition coefficient (Wildman–Crippen LogP) is 7.05. The maximum Gasteiger partial charge on any atom is 0.264 e.